The second-order valence-electron chi connectivity index (χ2n) is 6.51. The van der Waals surface area contributed by atoms with Crippen LogP contribution in [0, 0.1) is 15.5 Å². The summed E-state index contributed by atoms with van der Waals surface area (Å²) in [5, 5.41) is 10.8. The molecule has 118 valence electrons. The molecule has 2 aliphatic rings. The van der Waals surface area contributed by atoms with Crippen molar-refractivity contribution in [2.24, 2.45) is 5.41 Å². The minimum Gasteiger partial charge on any atom is -0.332 e. The van der Waals surface area contributed by atoms with Gasteiger partial charge in [-0.25, -0.2) is 9.97 Å². The molecule has 0 N–H and O–H groups in total. The fourth-order valence-electron chi connectivity index (χ4n) is 4.16. The van der Waals surface area contributed by atoms with Gasteiger partial charge >= 0.3 is 5.69 Å². The molecule has 2 heterocycles. The summed E-state index contributed by atoms with van der Waals surface area (Å²) in [7, 11) is 0. The number of nitro groups is 1. The Bertz CT molecular complexity index is 711. The molecule has 6 heteroatoms. The number of benzene rings is 1. The molecule has 2 aromatic rings. The van der Waals surface area contributed by atoms with Crippen molar-refractivity contribution in [1.82, 2.24) is 9.97 Å². The van der Waals surface area contributed by atoms with Crippen LogP contribution in [0.25, 0.3) is 0 Å². The summed E-state index contributed by atoms with van der Waals surface area (Å²) in [6, 6.07) is 10.7. The van der Waals surface area contributed by atoms with Gasteiger partial charge in [0, 0.05) is 12.0 Å². The fraction of sp³-hybridized carbons (Fsp3) is 0.412. The third kappa shape index (κ3) is 2.25. The molecule has 1 spiro atoms. The Balaban J connectivity index is 1.67. The highest BCUT2D eigenvalue weighted by Gasteiger charge is 2.55. The Morgan fingerprint density at radius 3 is 2.39 bits per heavy atom. The van der Waals surface area contributed by atoms with Crippen molar-refractivity contribution in [3.8, 4) is 0 Å². The van der Waals surface area contributed by atoms with Crippen LogP contribution >= 0.6 is 0 Å². The molecule has 2 fully saturated rings. The summed E-state index contributed by atoms with van der Waals surface area (Å²) in [5.74, 6) is 0.585. The highest BCUT2D eigenvalue weighted by Crippen LogP contribution is 2.58. The Morgan fingerprint density at radius 2 is 1.78 bits per heavy atom. The van der Waals surface area contributed by atoms with E-state index in [1.165, 1.54) is 43.6 Å². The van der Waals surface area contributed by atoms with Gasteiger partial charge in [-0.3, -0.25) is 10.1 Å². The molecule has 0 radical (unpaired) electrons. The normalized spacial score (nSPS) is 22.1. The van der Waals surface area contributed by atoms with Crippen LogP contribution in [-0.4, -0.2) is 21.4 Å². The lowest BCUT2D eigenvalue weighted by Gasteiger charge is -2.56. The van der Waals surface area contributed by atoms with Crippen LogP contribution in [0.2, 0.25) is 0 Å². The first-order chi connectivity index (χ1) is 11.2. The molecule has 1 aromatic heterocycles. The first kappa shape index (κ1) is 14.1. The smallest absolute Gasteiger partial charge is 0.305 e. The molecule has 0 amide bonds. The lowest BCUT2D eigenvalue weighted by atomic mass is 9.67. The van der Waals surface area contributed by atoms with E-state index in [1.54, 1.807) is 0 Å². The van der Waals surface area contributed by atoms with Crippen LogP contribution < -0.4 is 4.90 Å². The molecule has 1 aromatic carbocycles. The molecule has 23 heavy (non-hydrogen) atoms. The molecular formula is C17H18N4O2. The SMILES string of the molecule is O=[N+]([O-])c1cnc(N2CC3(CCCC3)[C@@H]2c2ccccc2)nc1. The lowest BCUT2D eigenvalue weighted by Crippen LogP contribution is -2.58. The number of aromatic nitrogens is 2. The van der Waals surface area contributed by atoms with Gasteiger partial charge < -0.3 is 4.90 Å². The summed E-state index contributed by atoms with van der Waals surface area (Å²) in [6.45, 7) is 0.935. The Labute approximate surface area is 134 Å². The Hall–Kier alpha value is -2.50. The van der Waals surface area contributed by atoms with Crippen LogP contribution in [0.5, 0.6) is 0 Å². The summed E-state index contributed by atoms with van der Waals surface area (Å²) in [4.78, 5) is 20.9. The predicted molar refractivity (Wildman–Crippen MR) is 86.1 cm³/mol. The Morgan fingerprint density at radius 1 is 1.13 bits per heavy atom. The standard InChI is InChI=1S/C17H18N4O2/c22-21(23)14-10-18-16(19-11-14)20-12-17(8-4-5-9-17)15(20)13-6-2-1-3-7-13/h1-3,6-7,10-11,15H,4-5,8-9,12H2/t15-/m0/s1. The van der Waals surface area contributed by atoms with E-state index in [4.69, 9.17) is 0 Å². The maximum absolute atomic E-state index is 10.8. The zero-order chi connectivity index (χ0) is 15.9. The number of hydrogen-bond donors (Lipinski definition) is 0. The van der Waals surface area contributed by atoms with Gasteiger partial charge in [0.2, 0.25) is 5.95 Å². The largest absolute Gasteiger partial charge is 0.332 e. The zero-order valence-corrected chi connectivity index (χ0v) is 12.8. The molecule has 1 aliphatic carbocycles. The molecular weight excluding hydrogens is 292 g/mol. The third-order valence-corrected chi connectivity index (χ3v) is 5.18. The molecule has 1 atom stereocenters. The van der Waals surface area contributed by atoms with Crippen LogP contribution in [0.15, 0.2) is 42.7 Å². The van der Waals surface area contributed by atoms with Gasteiger partial charge in [-0.1, -0.05) is 43.2 Å². The van der Waals surface area contributed by atoms with Crippen LogP contribution in [0.4, 0.5) is 11.6 Å². The molecule has 1 saturated carbocycles. The van der Waals surface area contributed by atoms with Crippen LogP contribution in [0.3, 0.4) is 0 Å². The maximum atomic E-state index is 10.8. The van der Waals surface area contributed by atoms with Crippen molar-refractivity contribution < 1.29 is 4.92 Å². The van der Waals surface area contributed by atoms with Gasteiger partial charge in [-0.15, -0.1) is 0 Å². The minimum atomic E-state index is -0.465. The van der Waals surface area contributed by atoms with E-state index in [2.05, 4.69) is 39.1 Å². The number of hydrogen-bond acceptors (Lipinski definition) is 5. The quantitative estimate of drug-likeness (QED) is 0.641. The van der Waals surface area contributed by atoms with Gasteiger partial charge in [0.15, 0.2) is 0 Å². The van der Waals surface area contributed by atoms with Crippen molar-refractivity contribution >= 4 is 11.6 Å². The topological polar surface area (TPSA) is 72.2 Å². The summed E-state index contributed by atoms with van der Waals surface area (Å²) >= 11 is 0. The van der Waals surface area contributed by atoms with Crippen molar-refractivity contribution in [3.05, 3.63) is 58.4 Å². The van der Waals surface area contributed by atoms with Crippen molar-refractivity contribution in [2.45, 2.75) is 31.7 Å². The highest BCUT2D eigenvalue weighted by atomic mass is 16.6. The summed E-state index contributed by atoms with van der Waals surface area (Å²) in [5.41, 5.74) is 1.52. The predicted octanol–water partition coefficient (Wildman–Crippen LogP) is 3.51. The van der Waals surface area contributed by atoms with E-state index < -0.39 is 4.92 Å². The highest BCUT2D eigenvalue weighted by molar-refractivity contribution is 5.46. The first-order valence-electron chi connectivity index (χ1n) is 7.98. The van der Waals surface area contributed by atoms with Crippen molar-refractivity contribution in [1.29, 1.82) is 0 Å². The van der Waals surface area contributed by atoms with Gasteiger partial charge in [0.1, 0.15) is 12.4 Å². The van der Waals surface area contributed by atoms with Gasteiger partial charge in [-0.2, -0.15) is 0 Å². The van der Waals surface area contributed by atoms with Gasteiger partial charge in [0.05, 0.1) is 11.0 Å². The van der Waals surface area contributed by atoms with Crippen molar-refractivity contribution in [3.63, 3.8) is 0 Å². The molecule has 1 saturated heterocycles. The van der Waals surface area contributed by atoms with Crippen LogP contribution in [0.1, 0.15) is 37.3 Å². The third-order valence-electron chi connectivity index (χ3n) is 5.18. The van der Waals surface area contributed by atoms with E-state index in [0.717, 1.165) is 6.54 Å². The van der Waals surface area contributed by atoms with E-state index in [1.807, 2.05) is 6.07 Å². The number of nitrogens with zero attached hydrogens (tertiary/aromatic N) is 4. The molecule has 0 bridgehead atoms. The summed E-state index contributed by atoms with van der Waals surface area (Å²) in [6.07, 6.45) is 7.61. The molecule has 4 rings (SSSR count). The van der Waals surface area contributed by atoms with E-state index >= 15 is 0 Å². The average molecular weight is 310 g/mol. The van der Waals surface area contributed by atoms with E-state index in [9.17, 15) is 10.1 Å². The molecule has 6 nitrogen and oxygen atoms in total. The molecule has 0 unspecified atom stereocenters. The monoisotopic (exact) mass is 310 g/mol. The van der Waals surface area contributed by atoms with E-state index in [0.29, 0.717) is 11.4 Å². The zero-order valence-electron chi connectivity index (χ0n) is 12.8. The molecule has 1 aliphatic heterocycles. The first-order valence-corrected chi connectivity index (χ1v) is 7.98. The summed E-state index contributed by atoms with van der Waals surface area (Å²) < 4.78 is 0. The fourth-order valence-corrected chi connectivity index (χ4v) is 4.16. The van der Waals surface area contributed by atoms with E-state index in [-0.39, 0.29) is 11.7 Å². The average Bonchev–Trinajstić information content (AvgIpc) is 3.05. The number of anilines is 1. The number of rotatable bonds is 3. The Kier molecular flexibility index (Phi) is 3.25. The van der Waals surface area contributed by atoms with Gasteiger partial charge in [0.25, 0.3) is 0 Å². The second-order valence-corrected chi connectivity index (χ2v) is 6.51. The minimum absolute atomic E-state index is 0.0684. The maximum Gasteiger partial charge on any atom is 0.305 e. The lowest BCUT2D eigenvalue weighted by molar-refractivity contribution is -0.385. The van der Waals surface area contributed by atoms with Crippen LogP contribution in [-0.2, 0) is 0 Å². The van der Waals surface area contributed by atoms with Gasteiger partial charge in [-0.05, 0) is 18.4 Å². The van der Waals surface area contributed by atoms with Crippen molar-refractivity contribution in [2.75, 3.05) is 11.4 Å². The second kappa shape index (κ2) is 5.30.